The molecule has 2 aromatic heterocycles. The Morgan fingerprint density at radius 1 is 1.43 bits per heavy atom. The Hall–Kier alpha value is -1.29. The Morgan fingerprint density at radius 3 is 2.90 bits per heavy atom. The van der Waals surface area contributed by atoms with Crippen LogP contribution >= 0.6 is 11.3 Å². The van der Waals surface area contributed by atoms with E-state index < -0.39 is 10.0 Å². The summed E-state index contributed by atoms with van der Waals surface area (Å²) < 4.78 is 28.5. The van der Waals surface area contributed by atoms with Crippen LogP contribution in [0, 0.1) is 0 Å². The van der Waals surface area contributed by atoms with E-state index >= 15 is 0 Å². The highest BCUT2D eigenvalue weighted by Crippen LogP contribution is 2.18. The molecule has 2 aromatic rings. The topological polar surface area (TPSA) is 88.9 Å². The summed E-state index contributed by atoms with van der Waals surface area (Å²) in [4.78, 5) is 5.37. The van der Waals surface area contributed by atoms with Crippen molar-refractivity contribution < 1.29 is 8.42 Å². The fourth-order valence-corrected chi connectivity index (χ4v) is 4.00. The maximum atomic E-state index is 12.1. The second-order valence-corrected chi connectivity index (χ2v) is 7.27. The molecule has 21 heavy (non-hydrogen) atoms. The molecule has 0 aliphatic rings. The van der Waals surface area contributed by atoms with Crippen molar-refractivity contribution >= 4 is 21.4 Å². The summed E-state index contributed by atoms with van der Waals surface area (Å²) in [6.07, 6.45) is 2.06. The summed E-state index contributed by atoms with van der Waals surface area (Å²) in [5.74, 6) is 0.623. The lowest BCUT2D eigenvalue weighted by Gasteiger charge is -2.03. The number of aromatic nitrogens is 3. The average molecular weight is 329 g/mol. The number of thiophene rings is 1. The fraction of sp³-hybridized carbons (Fsp3) is 0.500. The van der Waals surface area contributed by atoms with Crippen molar-refractivity contribution in [2.24, 2.45) is 7.05 Å². The van der Waals surface area contributed by atoms with Crippen molar-refractivity contribution in [1.29, 1.82) is 0 Å². The Bertz CT molecular complexity index is 677. The van der Waals surface area contributed by atoms with Crippen molar-refractivity contribution in [3.8, 4) is 0 Å². The van der Waals surface area contributed by atoms with Crippen LogP contribution in [-0.4, -0.2) is 36.3 Å². The van der Waals surface area contributed by atoms with Gasteiger partial charge in [-0.1, -0.05) is 6.92 Å². The molecule has 7 nitrogen and oxygen atoms in total. The molecule has 0 aliphatic heterocycles. The van der Waals surface area contributed by atoms with Gasteiger partial charge in [-0.25, -0.2) is 18.1 Å². The molecule has 0 aromatic carbocycles. The highest BCUT2D eigenvalue weighted by Gasteiger charge is 2.16. The van der Waals surface area contributed by atoms with Crippen LogP contribution < -0.4 is 10.0 Å². The number of nitrogens with zero attached hydrogens (tertiary/aromatic N) is 3. The van der Waals surface area contributed by atoms with Gasteiger partial charge in [0.15, 0.2) is 5.82 Å². The molecular weight excluding hydrogens is 310 g/mol. The maximum Gasteiger partial charge on any atom is 0.241 e. The number of rotatable bonds is 8. The minimum atomic E-state index is -3.46. The molecule has 0 bridgehead atoms. The molecule has 0 unspecified atom stereocenters. The second-order valence-electron chi connectivity index (χ2n) is 4.51. The van der Waals surface area contributed by atoms with Crippen LogP contribution in [0.5, 0.6) is 0 Å². The van der Waals surface area contributed by atoms with Crippen molar-refractivity contribution in [2.75, 3.05) is 13.1 Å². The lowest BCUT2D eigenvalue weighted by atomic mass is 10.4. The molecule has 0 saturated heterocycles. The van der Waals surface area contributed by atoms with Crippen LogP contribution in [0.1, 0.15) is 17.6 Å². The fourth-order valence-electron chi connectivity index (χ4n) is 1.72. The van der Waals surface area contributed by atoms with Crippen LogP contribution in [0.4, 0.5) is 0 Å². The van der Waals surface area contributed by atoms with E-state index in [1.165, 1.54) is 11.3 Å². The normalized spacial score (nSPS) is 11.9. The summed E-state index contributed by atoms with van der Waals surface area (Å²) in [6, 6.07) is 1.70. The van der Waals surface area contributed by atoms with Gasteiger partial charge in [0.25, 0.3) is 0 Å². The highest BCUT2D eigenvalue weighted by atomic mass is 32.2. The van der Waals surface area contributed by atoms with E-state index in [-0.39, 0.29) is 6.54 Å². The number of hydrogen-bond donors (Lipinski definition) is 2. The van der Waals surface area contributed by atoms with Gasteiger partial charge in [0.1, 0.15) is 6.33 Å². The standard InChI is InChI=1S/C12H19N5O2S2/c1-3-13-7-10-6-11(8-20-10)21(18,19)15-5-4-12-14-9-17(2)16-12/h6,8-9,13,15H,3-5,7H2,1-2H3. The van der Waals surface area contributed by atoms with E-state index in [1.807, 2.05) is 6.92 Å². The predicted molar refractivity (Wildman–Crippen MR) is 81.6 cm³/mol. The zero-order chi connectivity index (χ0) is 15.3. The van der Waals surface area contributed by atoms with Crippen molar-refractivity contribution in [3.63, 3.8) is 0 Å². The zero-order valence-corrected chi connectivity index (χ0v) is 13.7. The first-order chi connectivity index (χ1) is 10.0. The molecule has 0 spiro atoms. The van der Waals surface area contributed by atoms with E-state index in [0.29, 0.717) is 23.7 Å². The molecule has 0 amide bonds. The monoisotopic (exact) mass is 329 g/mol. The molecule has 9 heteroatoms. The largest absolute Gasteiger partial charge is 0.312 e. The third-order valence-corrected chi connectivity index (χ3v) is 5.30. The molecule has 0 aliphatic carbocycles. The van der Waals surface area contributed by atoms with Gasteiger partial charge in [-0.3, -0.25) is 4.68 Å². The molecule has 0 radical (unpaired) electrons. The Morgan fingerprint density at radius 2 is 2.24 bits per heavy atom. The third kappa shape index (κ3) is 4.60. The summed E-state index contributed by atoms with van der Waals surface area (Å²) in [6.45, 7) is 3.84. The van der Waals surface area contributed by atoms with Crippen molar-refractivity contribution in [1.82, 2.24) is 24.8 Å². The minimum absolute atomic E-state index is 0.282. The Balaban J connectivity index is 1.90. The summed E-state index contributed by atoms with van der Waals surface area (Å²) in [5.41, 5.74) is 0. The van der Waals surface area contributed by atoms with Crippen LogP contribution in [0.25, 0.3) is 0 Å². The van der Waals surface area contributed by atoms with E-state index in [2.05, 4.69) is 20.1 Å². The lowest BCUT2D eigenvalue weighted by molar-refractivity contribution is 0.581. The van der Waals surface area contributed by atoms with E-state index in [9.17, 15) is 8.42 Å². The Kier molecular flexibility index (Phi) is 5.45. The Labute approximate surface area is 128 Å². The molecule has 0 atom stereocenters. The molecule has 2 N–H and O–H groups in total. The van der Waals surface area contributed by atoms with Gasteiger partial charge < -0.3 is 5.32 Å². The van der Waals surface area contributed by atoms with Gasteiger partial charge in [0.05, 0.1) is 4.90 Å². The van der Waals surface area contributed by atoms with E-state index in [1.54, 1.807) is 29.5 Å². The molecular formula is C12H19N5O2S2. The zero-order valence-electron chi connectivity index (χ0n) is 12.0. The smallest absolute Gasteiger partial charge is 0.241 e. The van der Waals surface area contributed by atoms with Gasteiger partial charge in [-0.05, 0) is 12.6 Å². The second kappa shape index (κ2) is 7.12. The first-order valence-corrected chi connectivity index (χ1v) is 9.00. The van der Waals surface area contributed by atoms with Crippen molar-refractivity contribution in [3.05, 3.63) is 28.5 Å². The molecule has 0 saturated carbocycles. The molecule has 2 rings (SSSR count). The molecule has 0 fully saturated rings. The maximum absolute atomic E-state index is 12.1. The highest BCUT2D eigenvalue weighted by molar-refractivity contribution is 7.89. The van der Waals surface area contributed by atoms with Gasteiger partial charge in [0, 0.05) is 36.8 Å². The van der Waals surface area contributed by atoms with Gasteiger partial charge >= 0.3 is 0 Å². The average Bonchev–Trinajstić information content (AvgIpc) is 3.06. The summed E-state index contributed by atoms with van der Waals surface area (Å²) in [5, 5.41) is 8.94. The number of aryl methyl sites for hydroxylation is 1. The first-order valence-electron chi connectivity index (χ1n) is 6.63. The third-order valence-electron chi connectivity index (χ3n) is 2.78. The van der Waals surface area contributed by atoms with Crippen LogP contribution in [0.2, 0.25) is 0 Å². The summed E-state index contributed by atoms with van der Waals surface area (Å²) >= 11 is 1.44. The molecule has 2 heterocycles. The number of sulfonamides is 1. The number of hydrogen-bond acceptors (Lipinski definition) is 6. The number of nitrogens with one attached hydrogen (secondary N) is 2. The van der Waals surface area contributed by atoms with Gasteiger partial charge in [-0.15, -0.1) is 11.3 Å². The van der Waals surface area contributed by atoms with Gasteiger partial charge in [0.2, 0.25) is 10.0 Å². The predicted octanol–water partition coefficient (Wildman–Crippen LogP) is 0.507. The molecule has 116 valence electrons. The first kappa shape index (κ1) is 16.1. The van der Waals surface area contributed by atoms with E-state index in [0.717, 1.165) is 11.4 Å². The lowest BCUT2D eigenvalue weighted by Crippen LogP contribution is -2.26. The van der Waals surface area contributed by atoms with Crippen LogP contribution in [0.15, 0.2) is 22.7 Å². The van der Waals surface area contributed by atoms with E-state index in [4.69, 9.17) is 0 Å². The summed E-state index contributed by atoms with van der Waals surface area (Å²) in [7, 11) is -1.68. The van der Waals surface area contributed by atoms with Crippen LogP contribution in [-0.2, 0) is 30.0 Å². The van der Waals surface area contributed by atoms with Crippen LogP contribution in [0.3, 0.4) is 0 Å². The SMILES string of the molecule is CCNCc1cc(S(=O)(=O)NCCc2ncn(C)n2)cs1. The van der Waals surface area contributed by atoms with Crippen molar-refractivity contribution in [2.45, 2.75) is 24.8 Å². The quantitative estimate of drug-likeness (QED) is 0.736. The van der Waals surface area contributed by atoms with Gasteiger partial charge in [-0.2, -0.15) is 5.10 Å². The minimum Gasteiger partial charge on any atom is -0.312 e.